The number of aromatic nitrogens is 2. The summed E-state index contributed by atoms with van der Waals surface area (Å²) in [5.74, 6) is 0.659. The molecule has 0 aliphatic carbocycles. The summed E-state index contributed by atoms with van der Waals surface area (Å²) in [5.41, 5.74) is 3.87. The van der Waals surface area contributed by atoms with Crippen LogP contribution >= 0.6 is 11.6 Å². The minimum atomic E-state index is -1.15. The summed E-state index contributed by atoms with van der Waals surface area (Å²) in [6.07, 6.45) is -1.15. The van der Waals surface area contributed by atoms with Crippen LogP contribution in [-0.4, -0.2) is 34.9 Å². The van der Waals surface area contributed by atoms with Crippen molar-refractivity contribution in [2.24, 2.45) is 5.10 Å². The smallest absolute Gasteiger partial charge is 0.276 e. The normalized spacial score (nSPS) is 12.8. The highest BCUT2D eigenvalue weighted by Gasteiger charge is 2.22. The molecule has 0 bridgehead atoms. The number of nitrogens with one attached hydrogen (secondary N) is 2. The van der Waals surface area contributed by atoms with Crippen molar-refractivity contribution in [3.63, 3.8) is 0 Å². The number of fused-ring (bicyclic) bond motifs is 1. The Labute approximate surface area is 154 Å². The molecule has 2 aromatic carbocycles. The van der Waals surface area contributed by atoms with Crippen molar-refractivity contribution in [1.82, 2.24) is 15.4 Å². The van der Waals surface area contributed by atoms with Crippen LogP contribution in [0.4, 0.5) is 0 Å². The van der Waals surface area contributed by atoms with E-state index >= 15 is 0 Å². The Morgan fingerprint density at radius 1 is 1.31 bits per heavy atom. The lowest BCUT2D eigenvalue weighted by molar-refractivity contribution is 0.246. The number of hydrazone groups is 1. The molecule has 134 valence electrons. The third-order valence-electron chi connectivity index (χ3n) is 3.82. The van der Waals surface area contributed by atoms with Gasteiger partial charge in [0.1, 0.15) is 17.6 Å². The molecule has 1 atom stereocenters. The van der Waals surface area contributed by atoms with E-state index in [2.05, 4.69) is 20.5 Å². The molecule has 0 aliphatic heterocycles. The summed E-state index contributed by atoms with van der Waals surface area (Å²) in [7, 11) is 3.14. The van der Waals surface area contributed by atoms with Crippen LogP contribution < -0.4 is 15.7 Å². The molecule has 0 saturated carbocycles. The number of benzene rings is 2. The number of aromatic amines is 1. The van der Waals surface area contributed by atoms with Gasteiger partial charge >= 0.3 is 0 Å². The van der Waals surface area contributed by atoms with Crippen LogP contribution in [-0.2, 0) is 0 Å². The average Bonchev–Trinajstić information content (AvgIpc) is 2.65. The molecular weight excluding hydrogens is 356 g/mol. The molecular formula is C18H17ClN4O3. The Bertz CT molecular complexity index is 1020. The number of H-pyrrole nitrogens is 1. The van der Waals surface area contributed by atoms with E-state index in [4.69, 9.17) is 16.3 Å². The van der Waals surface area contributed by atoms with Gasteiger partial charge in [0.25, 0.3) is 5.56 Å². The Morgan fingerprint density at radius 2 is 2.04 bits per heavy atom. The van der Waals surface area contributed by atoms with Crippen LogP contribution in [0, 0.1) is 0 Å². The number of hydrogen-bond acceptors (Lipinski definition) is 6. The minimum absolute atomic E-state index is 0.0255. The minimum Gasteiger partial charge on any atom is -0.497 e. The molecule has 0 amide bonds. The first-order valence-corrected chi connectivity index (χ1v) is 8.17. The molecule has 0 aliphatic rings. The van der Waals surface area contributed by atoms with Gasteiger partial charge in [-0.25, -0.2) is 4.98 Å². The van der Waals surface area contributed by atoms with E-state index in [1.54, 1.807) is 56.6 Å². The third-order valence-corrected chi connectivity index (χ3v) is 4.05. The topological polar surface area (TPSA) is 99.6 Å². The van der Waals surface area contributed by atoms with Gasteiger partial charge in [0.05, 0.1) is 18.1 Å². The molecule has 1 heterocycles. The maximum atomic E-state index is 12.5. The van der Waals surface area contributed by atoms with Crippen LogP contribution in [0.3, 0.4) is 0 Å². The fourth-order valence-corrected chi connectivity index (χ4v) is 2.71. The van der Waals surface area contributed by atoms with Crippen molar-refractivity contribution in [2.75, 3.05) is 14.2 Å². The van der Waals surface area contributed by atoms with Crippen molar-refractivity contribution in [1.29, 1.82) is 0 Å². The zero-order valence-corrected chi connectivity index (χ0v) is 14.9. The van der Waals surface area contributed by atoms with Crippen molar-refractivity contribution < 1.29 is 9.84 Å². The van der Waals surface area contributed by atoms with Crippen LogP contribution in [0.15, 0.2) is 52.4 Å². The van der Waals surface area contributed by atoms with Gasteiger partial charge in [-0.05, 0) is 35.9 Å². The Balaban J connectivity index is 2.08. The van der Waals surface area contributed by atoms with E-state index in [9.17, 15) is 9.90 Å². The maximum absolute atomic E-state index is 12.5. The summed E-state index contributed by atoms with van der Waals surface area (Å²) in [6, 6.07) is 11.8. The van der Waals surface area contributed by atoms with E-state index in [0.717, 1.165) is 0 Å². The van der Waals surface area contributed by atoms with Gasteiger partial charge < -0.3 is 20.3 Å². The van der Waals surface area contributed by atoms with Gasteiger partial charge in [0, 0.05) is 12.1 Å². The van der Waals surface area contributed by atoms with Crippen molar-refractivity contribution >= 4 is 28.3 Å². The summed E-state index contributed by atoms with van der Waals surface area (Å²) in [5, 5.41) is 15.3. The zero-order valence-electron chi connectivity index (χ0n) is 14.2. The fraction of sp³-hybridized carbons (Fsp3) is 0.167. The number of ether oxygens (including phenoxy) is 1. The van der Waals surface area contributed by atoms with Crippen LogP contribution in [0.5, 0.6) is 5.75 Å². The van der Waals surface area contributed by atoms with Gasteiger partial charge in [-0.1, -0.05) is 23.7 Å². The van der Waals surface area contributed by atoms with Crippen molar-refractivity contribution in [3.05, 3.63) is 69.1 Å². The molecule has 0 saturated heterocycles. The third kappa shape index (κ3) is 3.54. The number of aliphatic hydroxyl groups is 1. The van der Waals surface area contributed by atoms with Crippen LogP contribution in [0.1, 0.15) is 17.4 Å². The van der Waals surface area contributed by atoms with E-state index in [-0.39, 0.29) is 11.4 Å². The lowest BCUT2D eigenvalue weighted by Crippen LogP contribution is -2.27. The van der Waals surface area contributed by atoms with E-state index in [1.165, 1.54) is 0 Å². The number of aliphatic hydroxyl groups excluding tert-OH is 1. The van der Waals surface area contributed by atoms with Gasteiger partial charge in [-0.15, -0.1) is 0 Å². The molecule has 26 heavy (non-hydrogen) atoms. The van der Waals surface area contributed by atoms with E-state index in [1.807, 2.05) is 0 Å². The fourth-order valence-electron chi connectivity index (χ4n) is 2.54. The van der Waals surface area contributed by atoms with Crippen LogP contribution in [0.2, 0.25) is 5.02 Å². The molecule has 3 N–H and O–H groups in total. The second kappa shape index (κ2) is 7.55. The standard InChI is InChI=1S/C18H17ClN4O3/c1-20-23-15(17(24)10-3-6-12(26-2)7-4-10)16-18(25)22-14-9-11(19)5-8-13(14)21-16/h3-9,17,20,24H,1-2H3,(H,22,25)/b23-15-/t17-/m1/s1. The molecule has 3 aromatic rings. The zero-order chi connectivity index (χ0) is 18.7. The molecule has 1 aromatic heterocycles. The van der Waals surface area contributed by atoms with Gasteiger partial charge in [0.15, 0.2) is 5.69 Å². The second-order valence-electron chi connectivity index (χ2n) is 5.47. The first-order valence-electron chi connectivity index (χ1n) is 7.79. The predicted octanol–water partition coefficient (Wildman–Crippen LogP) is 2.24. The number of nitrogens with zero attached hydrogens (tertiary/aromatic N) is 2. The highest BCUT2D eigenvalue weighted by Crippen LogP contribution is 2.21. The molecule has 0 spiro atoms. The first-order chi connectivity index (χ1) is 12.5. The number of rotatable bonds is 5. The largest absolute Gasteiger partial charge is 0.497 e. The van der Waals surface area contributed by atoms with Crippen LogP contribution in [0.25, 0.3) is 11.0 Å². The Hall–Kier alpha value is -2.90. The quantitative estimate of drug-likeness (QED) is 0.471. The highest BCUT2D eigenvalue weighted by atomic mass is 35.5. The maximum Gasteiger partial charge on any atom is 0.276 e. The van der Waals surface area contributed by atoms with Gasteiger partial charge in [-0.3, -0.25) is 4.79 Å². The monoisotopic (exact) mass is 372 g/mol. The lowest BCUT2D eigenvalue weighted by Gasteiger charge is -2.14. The molecule has 7 nitrogen and oxygen atoms in total. The molecule has 0 radical (unpaired) electrons. The van der Waals surface area contributed by atoms with Crippen molar-refractivity contribution in [2.45, 2.75) is 6.10 Å². The summed E-state index contributed by atoms with van der Waals surface area (Å²) < 4.78 is 5.12. The molecule has 8 heteroatoms. The summed E-state index contributed by atoms with van der Waals surface area (Å²) >= 11 is 5.94. The average molecular weight is 373 g/mol. The highest BCUT2D eigenvalue weighted by molar-refractivity contribution is 6.31. The number of hydrogen-bond donors (Lipinski definition) is 3. The second-order valence-corrected chi connectivity index (χ2v) is 5.91. The van der Waals surface area contributed by atoms with Crippen molar-refractivity contribution in [3.8, 4) is 5.75 Å². The Kier molecular flexibility index (Phi) is 5.20. The Morgan fingerprint density at radius 3 is 2.69 bits per heavy atom. The number of methoxy groups -OCH3 is 1. The lowest BCUT2D eigenvalue weighted by atomic mass is 10.0. The number of halogens is 1. The summed E-state index contributed by atoms with van der Waals surface area (Å²) in [4.78, 5) is 19.6. The molecule has 0 fully saturated rings. The molecule has 3 rings (SSSR count). The van der Waals surface area contributed by atoms with Gasteiger partial charge in [0.2, 0.25) is 0 Å². The predicted molar refractivity (Wildman–Crippen MR) is 101 cm³/mol. The first kappa shape index (κ1) is 17.9. The van der Waals surface area contributed by atoms with E-state index in [0.29, 0.717) is 27.4 Å². The van der Waals surface area contributed by atoms with E-state index < -0.39 is 11.7 Å². The summed E-state index contributed by atoms with van der Waals surface area (Å²) in [6.45, 7) is 0. The SMILES string of the molecule is CN/N=C(/c1nc2ccc(Cl)cc2[nH]c1=O)[C@H](O)c1ccc(OC)cc1. The van der Waals surface area contributed by atoms with Gasteiger partial charge in [-0.2, -0.15) is 5.10 Å². The molecule has 0 unspecified atom stereocenters.